The summed E-state index contributed by atoms with van der Waals surface area (Å²) in [5.41, 5.74) is 1.09. The van der Waals surface area contributed by atoms with Gasteiger partial charge in [-0.2, -0.15) is 0 Å². The molecule has 2 rings (SSSR count). The third kappa shape index (κ3) is 3.17. The molecular weight excluding hydrogens is 258 g/mol. The lowest BCUT2D eigenvalue weighted by atomic mass is 10.1. The van der Waals surface area contributed by atoms with E-state index in [1.165, 1.54) is 0 Å². The molecule has 1 heterocycles. The monoisotopic (exact) mass is 275 g/mol. The second-order valence-electron chi connectivity index (χ2n) is 4.31. The van der Waals surface area contributed by atoms with Gasteiger partial charge in [0.2, 0.25) is 0 Å². The van der Waals surface area contributed by atoms with Crippen molar-refractivity contribution in [2.45, 2.75) is 20.3 Å². The van der Waals surface area contributed by atoms with Crippen molar-refractivity contribution in [2.75, 3.05) is 13.7 Å². The summed E-state index contributed by atoms with van der Waals surface area (Å²) in [6.07, 6.45) is 2.58. The summed E-state index contributed by atoms with van der Waals surface area (Å²) in [5, 5.41) is 0. The fraction of sp³-hybridized carbons (Fsp3) is 0.333. The van der Waals surface area contributed by atoms with Crippen molar-refractivity contribution in [1.82, 2.24) is 0 Å². The Morgan fingerprint density at radius 1 is 1.35 bits per heavy atom. The molecule has 5 heteroatoms. The van der Waals surface area contributed by atoms with E-state index in [2.05, 4.69) is 4.99 Å². The van der Waals surface area contributed by atoms with Gasteiger partial charge in [-0.15, -0.1) is 0 Å². The number of nitrogens with zero attached hydrogens (tertiary/aromatic N) is 1. The molecule has 0 saturated carbocycles. The number of benzene rings is 1. The predicted octanol–water partition coefficient (Wildman–Crippen LogP) is 2.80. The van der Waals surface area contributed by atoms with E-state index in [9.17, 15) is 4.79 Å². The number of hydrogen-bond acceptors (Lipinski definition) is 5. The van der Waals surface area contributed by atoms with E-state index in [1.54, 1.807) is 26.2 Å². The fourth-order valence-electron chi connectivity index (χ4n) is 1.78. The zero-order valence-electron chi connectivity index (χ0n) is 11.8. The number of carbonyl (C=O) groups excluding carboxylic acids is 1. The first-order valence-corrected chi connectivity index (χ1v) is 6.44. The van der Waals surface area contributed by atoms with Crippen LogP contribution < -0.4 is 9.47 Å². The van der Waals surface area contributed by atoms with Gasteiger partial charge in [-0.05, 0) is 30.2 Å². The summed E-state index contributed by atoms with van der Waals surface area (Å²) < 4.78 is 15.7. The molecule has 0 N–H and O–H groups in total. The third-order valence-corrected chi connectivity index (χ3v) is 2.68. The summed E-state index contributed by atoms with van der Waals surface area (Å²) in [4.78, 5) is 15.5. The van der Waals surface area contributed by atoms with E-state index in [4.69, 9.17) is 14.2 Å². The summed E-state index contributed by atoms with van der Waals surface area (Å²) in [7, 11) is 1.58. The molecule has 0 fully saturated rings. The van der Waals surface area contributed by atoms with E-state index in [-0.39, 0.29) is 5.70 Å². The van der Waals surface area contributed by atoms with Gasteiger partial charge in [-0.1, -0.05) is 13.0 Å². The molecule has 1 aliphatic heterocycles. The average Bonchev–Trinajstić information content (AvgIpc) is 2.75. The van der Waals surface area contributed by atoms with Gasteiger partial charge in [0.05, 0.1) is 13.7 Å². The smallest absolute Gasteiger partial charge is 0.363 e. The van der Waals surface area contributed by atoms with Crippen molar-refractivity contribution in [3.05, 3.63) is 29.5 Å². The van der Waals surface area contributed by atoms with Gasteiger partial charge in [0, 0.05) is 6.92 Å². The van der Waals surface area contributed by atoms with Gasteiger partial charge in [0.25, 0.3) is 0 Å². The van der Waals surface area contributed by atoms with Crippen LogP contribution in [0.3, 0.4) is 0 Å². The van der Waals surface area contributed by atoms with Crippen LogP contribution in [-0.2, 0) is 9.53 Å². The summed E-state index contributed by atoms with van der Waals surface area (Å²) >= 11 is 0. The van der Waals surface area contributed by atoms with Crippen LogP contribution >= 0.6 is 0 Å². The molecule has 0 unspecified atom stereocenters. The first-order chi connectivity index (χ1) is 9.63. The van der Waals surface area contributed by atoms with Crippen LogP contribution in [0.5, 0.6) is 11.5 Å². The average molecular weight is 275 g/mol. The van der Waals surface area contributed by atoms with Crippen LogP contribution in [-0.4, -0.2) is 25.6 Å². The number of methoxy groups -OCH3 is 1. The molecule has 0 aromatic heterocycles. The van der Waals surface area contributed by atoms with Crippen LogP contribution in [0.1, 0.15) is 25.8 Å². The van der Waals surface area contributed by atoms with Crippen LogP contribution in [0.2, 0.25) is 0 Å². The molecule has 0 amide bonds. The summed E-state index contributed by atoms with van der Waals surface area (Å²) in [6.45, 7) is 4.31. The molecule has 106 valence electrons. The van der Waals surface area contributed by atoms with Crippen molar-refractivity contribution in [1.29, 1.82) is 0 Å². The van der Waals surface area contributed by atoms with Crippen molar-refractivity contribution in [3.63, 3.8) is 0 Å². The van der Waals surface area contributed by atoms with Gasteiger partial charge < -0.3 is 14.2 Å². The van der Waals surface area contributed by atoms with E-state index in [0.29, 0.717) is 24.0 Å². The Morgan fingerprint density at radius 3 is 2.75 bits per heavy atom. The number of ether oxygens (including phenoxy) is 3. The molecular formula is C15H17NO4. The zero-order chi connectivity index (χ0) is 14.5. The Bertz CT molecular complexity index is 575. The second-order valence-corrected chi connectivity index (χ2v) is 4.31. The van der Waals surface area contributed by atoms with Crippen molar-refractivity contribution in [3.8, 4) is 11.5 Å². The zero-order valence-corrected chi connectivity index (χ0v) is 11.8. The highest BCUT2D eigenvalue weighted by molar-refractivity contribution is 6.06. The minimum atomic E-state index is -0.437. The molecule has 1 aromatic carbocycles. The highest BCUT2D eigenvalue weighted by Gasteiger charge is 2.19. The van der Waals surface area contributed by atoms with Crippen LogP contribution in [0.4, 0.5) is 0 Å². The normalized spacial score (nSPS) is 16.1. The maximum absolute atomic E-state index is 11.5. The second kappa shape index (κ2) is 6.23. The molecule has 20 heavy (non-hydrogen) atoms. The third-order valence-electron chi connectivity index (χ3n) is 2.68. The Balaban J connectivity index is 2.26. The number of hydrogen-bond donors (Lipinski definition) is 0. The molecule has 0 spiro atoms. The lowest BCUT2D eigenvalue weighted by molar-refractivity contribution is -0.130. The highest BCUT2D eigenvalue weighted by atomic mass is 16.6. The van der Waals surface area contributed by atoms with E-state index >= 15 is 0 Å². The molecule has 0 atom stereocenters. The molecule has 0 bridgehead atoms. The first-order valence-electron chi connectivity index (χ1n) is 6.44. The van der Waals surface area contributed by atoms with E-state index in [1.807, 2.05) is 19.1 Å². The predicted molar refractivity (Wildman–Crippen MR) is 76.0 cm³/mol. The van der Waals surface area contributed by atoms with Gasteiger partial charge in [-0.3, -0.25) is 0 Å². The van der Waals surface area contributed by atoms with Crippen LogP contribution in [0, 0.1) is 0 Å². The topological polar surface area (TPSA) is 57.1 Å². The number of rotatable bonds is 5. The lowest BCUT2D eigenvalue weighted by Gasteiger charge is -2.10. The fourth-order valence-corrected chi connectivity index (χ4v) is 1.78. The van der Waals surface area contributed by atoms with Crippen molar-refractivity contribution < 1.29 is 19.0 Å². The Labute approximate surface area is 117 Å². The molecule has 0 aliphatic carbocycles. The van der Waals surface area contributed by atoms with Crippen LogP contribution in [0.25, 0.3) is 6.08 Å². The number of esters is 1. The minimum Gasteiger partial charge on any atom is -0.493 e. The molecule has 0 radical (unpaired) electrons. The van der Waals surface area contributed by atoms with Gasteiger partial charge in [0.1, 0.15) is 0 Å². The molecule has 1 aromatic rings. The van der Waals surface area contributed by atoms with E-state index < -0.39 is 5.97 Å². The van der Waals surface area contributed by atoms with Crippen LogP contribution in [0.15, 0.2) is 28.9 Å². The number of carbonyl (C=O) groups is 1. The molecule has 1 aliphatic rings. The first kappa shape index (κ1) is 14.1. The van der Waals surface area contributed by atoms with Crippen molar-refractivity contribution in [2.24, 2.45) is 4.99 Å². The van der Waals surface area contributed by atoms with Gasteiger partial charge >= 0.3 is 5.97 Å². The highest BCUT2D eigenvalue weighted by Crippen LogP contribution is 2.29. The summed E-state index contributed by atoms with van der Waals surface area (Å²) in [5.74, 6) is 1.23. The Hall–Kier alpha value is -2.30. The standard InChI is InChI=1S/C15H17NO4/c1-4-7-19-13-6-5-11(9-14(13)18-3)8-12-15(17)20-10(2)16-12/h5-6,8-9H,4,7H2,1-3H3/b12-8+. The minimum absolute atomic E-state index is 0.284. The molecule has 5 nitrogen and oxygen atoms in total. The Morgan fingerprint density at radius 2 is 2.15 bits per heavy atom. The largest absolute Gasteiger partial charge is 0.493 e. The maximum atomic E-state index is 11.5. The number of aliphatic imine (C=N–C) groups is 1. The summed E-state index contributed by atoms with van der Waals surface area (Å²) in [6, 6.07) is 5.46. The lowest BCUT2D eigenvalue weighted by Crippen LogP contribution is -2.00. The quantitative estimate of drug-likeness (QED) is 0.612. The maximum Gasteiger partial charge on any atom is 0.363 e. The molecule has 0 saturated heterocycles. The SMILES string of the molecule is CCCOc1ccc(/C=C2/N=C(C)OC2=O)cc1OC. The number of cyclic esters (lactones) is 1. The van der Waals surface area contributed by atoms with E-state index in [0.717, 1.165) is 12.0 Å². The van der Waals surface area contributed by atoms with Gasteiger partial charge in [-0.25, -0.2) is 9.79 Å². The Kier molecular flexibility index (Phi) is 4.40. The van der Waals surface area contributed by atoms with Crippen molar-refractivity contribution >= 4 is 17.9 Å². The van der Waals surface area contributed by atoms with Gasteiger partial charge in [0.15, 0.2) is 23.1 Å².